The van der Waals surface area contributed by atoms with Gasteiger partial charge in [0.25, 0.3) is 0 Å². The largest absolute Gasteiger partial charge is 0.466 e. The van der Waals surface area contributed by atoms with E-state index in [9.17, 15) is 4.79 Å². The third kappa shape index (κ3) is 1.86. The lowest BCUT2D eigenvalue weighted by Gasteiger charge is -2.60. The van der Waals surface area contributed by atoms with Gasteiger partial charge in [0.05, 0.1) is 7.11 Å². The van der Waals surface area contributed by atoms with Crippen LogP contribution in [-0.4, -0.2) is 31.8 Å². The molecule has 0 bridgehead atoms. The highest BCUT2D eigenvalue weighted by Crippen LogP contribution is 2.61. The van der Waals surface area contributed by atoms with Gasteiger partial charge in [-0.2, -0.15) is 0 Å². The molecule has 0 aliphatic carbocycles. The molecule has 3 aliphatic heterocycles. The first-order chi connectivity index (χ1) is 11.7. The first-order valence-corrected chi connectivity index (χ1v) is 9.11. The van der Waals surface area contributed by atoms with E-state index in [-0.39, 0.29) is 17.0 Å². The maximum Gasteiger partial charge on any atom is 0.330 e. The minimum atomic E-state index is -0.268. The quantitative estimate of drug-likeness (QED) is 0.668. The summed E-state index contributed by atoms with van der Waals surface area (Å²) in [5.41, 5.74) is 3.43. The molecule has 4 nitrogen and oxygen atoms in total. The van der Waals surface area contributed by atoms with Crippen LogP contribution in [-0.2, 0) is 9.53 Å². The number of ether oxygens (including phenoxy) is 1. The molecule has 1 aromatic carbocycles. The Hall–Kier alpha value is -1.81. The van der Waals surface area contributed by atoms with Gasteiger partial charge in [-0.15, -0.1) is 0 Å². The van der Waals surface area contributed by atoms with Crippen LogP contribution in [0.15, 0.2) is 30.3 Å². The lowest BCUT2D eigenvalue weighted by molar-refractivity contribution is -0.134. The normalized spacial score (nSPS) is 32.9. The van der Waals surface area contributed by atoms with Gasteiger partial charge in [0.1, 0.15) is 5.66 Å². The molecule has 4 heteroatoms. The van der Waals surface area contributed by atoms with Crippen molar-refractivity contribution >= 4 is 17.2 Å². The average molecular weight is 326 g/mol. The van der Waals surface area contributed by atoms with Crippen LogP contribution in [0.3, 0.4) is 0 Å². The lowest BCUT2D eigenvalue weighted by atomic mass is 9.60. The lowest BCUT2D eigenvalue weighted by Crippen LogP contribution is -2.71. The van der Waals surface area contributed by atoms with Crippen molar-refractivity contribution in [3.05, 3.63) is 35.9 Å². The number of piperidine rings is 2. The van der Waals surface area contributed by atoms with E-state index in [0.717, 1.165) is 25.1 Å². The van der Waals surface area contributed by atoms with E-state index in [1.807, 2.05) is 0 Å². The van der Waals surface area contributed by atoms with Gasteiger partial charge in [-0.1, -0.05) is 25.1 Å². The van der Waals surface area contributed by atoms with Crippen molar-refractivity contribution in [2.24, 2.45) is 5.41 Å². The third-order valence-electron chi connectivity index (χ3n) is 6.44. The number of nitrogens with zero attached hydrogens (tertiary/aromatic N) is 1. The average Bonchev–Trinajstić information content (AvgIpc) is 2.91. The first kappa shape index (κ1) is 15.7. The minimum absolute atomic E-state index is 0.169. The number of esters is 1. The number of hydrogen-bond donors (Lipinski definition) is 1. The molecule has 0 radical (unpaired) electrons. The maximum absolute atomic E-state index is 12.2. The van der Waals surface area contributed by atoms with Crippen molar-refractivity contribution < 1.29 is 9.53 Å². The van der Waals surface area contributed by atoms with Crippen LogP contribution in [0.2, 0.25) is 0 Å². The second kappa shape index (κ2) is 5.62. The number of anilines is 1. The molecule has 2 fully saturated rings. The number of fused-ring (bicyclic) bond motifs is 2. The molecule has 3 aliphatic rings. The second-order valence-corrected chi connectivity index (χ2v) is 7.23. The Balaban J connectivity index is 1.98. The zero-order valence-corrected chi connectivity index (χ0v) is 14.6. The smallest absolute Gasteiger partial charge is 0.330 e. The maximum atomic E-state index is 12.2. The van der Waals surface area contributed by atoms with Crippen LogP contribution < -0.4 is 10.2 Å². The second-order valence-electron chi connectivity index (χ2n) is 7.23. The number of benzene rings is 1. The molecule has 4 rings (SSSR count). The number of carbonyl (C=O) groups is 1. The molecule has 1 spiro atoms. The van der Waals surface area contributed by atoms with Crippen LogP contribution in [0.25, 0.3) is 5.57 Å². The zero-order valence-electron chi connectivity index (χ0n) is 14.6. The van der Waals surface area contributed by atoms with E-state index in [1.165, 1.54) is 44.0 Å². The van der Waals surface area contributed by atoms with E-state index >= 15 is 0 Å². The van der Waals surface area contributed by atoms with Crippen molar-refractivity contribution in [3.8, 4) is 0 Å². The van der Waals surface area contributed by atoms with Gasteiger partial charge < -0.3 is 9.64 Å². The fraction of sp³-hybridized carbons (Fsp3) is 0.550. The van der Waals surface area contributed by atoms with Crippen molar-refractivity contribution in [2.75, 3.05) is 25.1 Å². The SMILES string of the molecule is CC[C@]12CCCNC13/C(=C/C(=O)OC)c1ccccc1N3CCC2. The fourth-order valence-electron chi connectivity index (χ4n) is 5.42. The summed E-state index contributed by atoms with van der Waals surface area (Å²) < 4.78 is 4.99. The van der Waals surface area contributed by atoms with Gasteiger partial charge in [0.15, 0.2) is 0 Å². The van der Waals surface area contributed by atoms with E-state index in [2.05, 4.69) is 41.4 Å². The standard InChI is InChI=1S/C20H26N2O2/c1-3-19-10-6-12-21-20(19)16(14-18(23)24-2)15-8-4-5-9-17(15)22(20)13-7-11-19/h4-5,8-9,14,21H,3,6-7,10-13H2,1-2H3/b16-14+/t19-,20?/m1/s1. The van der Waals surface area contributed by atoms with Gasteiger partial charge in [0, 0.05) is 34.9 Å². The molecular weight excluding hydrogens is 300 g/mol. The molecule has 0 saturated carbocycles. The highest BCUT2D eigenvalue weighted by atomic mass is 16.5. The fourth-order valence-corrected chi connectivity index (χ4v) is 5.42. The van der Waals surface area contributed by atoms with Crippen LogP contribution in [0.5, 0.6) is 0 Å². The molecule has 2 saturated heterocycles. The number of hydrogen-bond acceptors (Lipinski definition) is 4. The summed E-state index contributed by atoms with van der Waals surface area (Å²) in [4.78, 5) is 14.7. The molecule has 2 atom stereocenters. The molecule has 24 heavy (non-hydrogen) atoms. The molecule has 1 aromatic rings. The molecule has 3 heterocycles. The van der Waals surface area contributed by atoms with E-state index in [4.69, 9.17) is 4.74 Å². The van der Waals surface area contributed by atoms with Gasteiger partial charge in [-0.3, -0.25) is 5.32 Å². The van der Waals surface area contributed by atoms with Gasteiger partial charge in [-0.05, 0) is 44.7 Å². The molecule has 1 unspecified atom stereocenters. The van der Waals surface area contributed by atoms with E-state index in [1.54, 1.807) is 6.08 Å². The van der Waals surface area contributed by atoms with Crippen molar-refractivity contribution in [1.29, 1.82) is 0 Å². The van der Waals surface area contributed by atoms with Crippen LogP contribution in [0.1, 0.15) is 44.6 Å². The van der Waals surface area contributed by atoms with Gasteiger partial charge in [-0.25, -0.2) is 4.79 Å². The Morgan fingerprint density at radius 1 is 1.33 bits per heavy atom. The van der Waals surface area contributed by atoms with Crippen LogP contribution in [0, 0.1) is 5.41 Å². The Labute approximate surface area is 143 Å². The van der Waals surface area contributed by atoms with Crippen LogP contribution in [0.4, 0.5) is 5.69 Å². The number of para-hydroxylation sites is 1. The minimum Gasteiger partial charge on any atom is -0.466 e. The highest BCUT2D eigenvalue weighted by Gasteiger charge is 2.62. The van der Waals surface area contributed by atoms with Crippen molar-refractivity contribution in [3.63, 3.8) is 0 Å². The summed E-state index contributed by atoms with van der Waals surface area (Å²) in [6, 6.07) is 8.50. The predicted octanol–water partition coefficient (Wildman–Crippen LogP) is 3.33. The Morgan fingerprint density at radius 3 is 2.92 bits per heavy atom. The zero-order chi connectivity index (χ0) is 16.8. The van der Waals surface area contributed by atoms with E-state index < -0.39 is 0 Å². The van der Waals surface area contributed by atoms with Crippen LogP contribution >= 0.6 is 0 Å². The Kier molecular flexibility index (Phi) is 3.68. The topological polar surface area (TPSA) is 41.6 Å². The molecule has 1 N–H and O–H groups in total. The van der Waals surface area contributed by atoms with Crippen molar-refractivity contribution in [2.45, 2.75) is 44.7 Å². The Bertz CT molecular complexity index is 695. The molecule has 128 valence electrons. The summed E-state index contributed by atoms with van der Waals surface area (Å²) in [6.07, 6.45) is 7.66. The molecular formula is C20H26N2O2. The third-order valence-corrected chi connectivity index (χ3v) is 6.44. The summed E-state index contributed by atoms with van der Waals surface area (Å²) in [7, 11) is 1.46. The van der Waals surface area contributed by atoms with E-state index in [0.29, 0.717) is 0 Å². The monoisotopic (exact) mass is 326 g/mol. The highest BCUT2D eigenvalue weighted by molar-refractivity contribution is 6.01. The number of rotatable bonds is 2. The first-order valence-electron chi connectivity index (χ1n) is 9.11. The van der Waals surface area contributed by atoms with Gasteiger partial charge >= 0.3 is 5.97 Å². The summed E-state index contributed by atoms with van der Waals surface area (Å²) in [5, 5.41) is 3.86. The number of methoxy groups -OCH3 is 1. The predicted molar refractivity (Wildman–Crippen MR) is 95.7 cm³/mol. The summed E-state index contributed by atoms with van der Waals surface area (Å²) in [5.74, 6) is -0.265. The number of nitrogens with one attached hydrogen (secondary N) is 1. The van der Waals surface area contributed by atoms with Gasteiger partial charge in [0.2, 0.25) is 0 Å². The Morgan fingerprint density at radius 2 is 2.12 bits per heavy atom. The number of carbonyl (C=O) groups excluding carboxylic acids is 1. The van der Waals surface area contributed by atoms with Crippen molar-refractivity contribution in [1.82, 2.24) is 5.32 Å². The summed E-state index contributed by atoms with van der Waals surface area (Å²) in [6.45, 7) is 4.33. The summed E-state index contributed by atoms with van der Waals surface area (Å²) >= 11 is 0. The molecule has 0 amide bonds. The molecule has 0 aromatic heterocycles.